The molecule has 0 unspecified atom stereocenters. The van der Waals surface area contributed by atoms with Gasteiger partial charge in [0.1, 0.15) is 12.9 Å². The monoisotopic (exact) mass is 578 g/mol. The van der Waals surface area contributed by atoms with Crippen molar-refractivity contribution in [3.8, 4) is 0 Å². The van der Waals surface area contributed by atoms with Gasteiger partial charge in [-0.3, -0.25) is 0 Å². The van der Waals surface area contributed by atoms with Crippen molar-refractivity contribution < 1.29 is 28.2 Å². The first-order valence-electron chi connectivity index (χ1n) is 14.0. The Morgan fingerprint density at radius 1 is 1.05 bits per heavy atom. The fourth-order valence-corrected chi connectivity index (χ4v) is 5.79. The maximum absolute atomic E-state index is 12.2. The summed E-state index contributed by atoms with van der Waals surface area (Å²) in [6, 6.07) is 11.1. The van der Waals surface area contributed by atoms with Crippen LogP contribution in [0.15, 0.2) is 55.1 Å². The summed E-state index contributed by atoms with van der Waals surface area (Å²) < 4.78 is 30.4. The Kier molecular flexibility index (Phi) is 15.1. The number of benzene rings is 1. The highest BCUT2D eigenvalue weighted by Crippen LogP contribution is 2.38. The number of hydrogen-bond acceptors (Lipinski definition) is 6. The van der Waals surface area contributed by atoms with Crippen LogP contribution < -0.4 is 0 Å². The molecular weight excluding hydrogens is 525 g/mol. The fraction of sp³-hybridized carbons (Fsp3) is 0.645. The predicted octanol–water partition coefficient (Wildman–Crippen LogP) is 7.75. The van der Waals surface area contributed by atoms with Crippen LogP contribution in [0.25, 0.3) is 0 Å². The minimum absolute atomic E-state index is 0.0543. The van der Waals surface area contributed by atoms with E-state index in [1.54, 1.807) is 0 Å². The minimum Gasteiger partial charge on any atom is -0.459 e. The van der Waals surface area contributed by atoms with E-state index in [9.17, 15) is 4.79 Å². The van der Waals surface area contributed by atoms with E-state index in [0.717, 1.165) is 17.2 Å². The van der Waals surface area contributed by atoms with Gasteiger partial charge in [-0.05, 0) is 42.2 Å². The van der Waals surface area contributed by atoms with E-state index in [1.807, 2.05) is 37.3 Å². The third kappa shape index (κ3) is 15.1. The maximum Gasteiger partial charge on any atom is 0.330 e. The minimum atomic E-state index is -2.06. The van der Waals surface area contributed by atoms with Crippen LogP contribution in [-0.4, -0.2) is 60.7 Å². The summed E-state index contributed by atoms with van der Waals surface area (Å²) in [6.45, 7) is 29.6. The van der Waals surface area contributed by atoms with Gasteiger partial charge in [-0.2, -0.15) is 0 Å². The van der Waals surface area contributed by atoms with E-state index in [1.165, 1.54) is 6.08 Å². The van der Waals surface area contributed by atoms with Gasteiger partial charge in [0.15, 0.2) is 8.32 Å². The van der Waals surface area contributed by atoms with Crippen molar-refractivity contribution in [2.75, 3.05) is 20.0 Å². The van der Waals surface area contributed by atoms with Crippen molar-refractivity contribution in [1.82, 2.24) is 0 Å². The van der Waals surface area contributed by atoms with Gasteiger partial charge in [-0.25, -0.2) is 4.79 Å². The molecule has 0 spiro atoms. The van der Waals surface area contributed by atoms with E-state index in [-0.39, 0.29) is 24.0 Å². The first-order valence-corrected chi connectivity index (χ1v) is 20.6. The molecule has 0 saturated heterocycles. The van der Waals surface area contributed by atoms with Crippen LogP contribution in [0.3, 0.4) is 0 Å². The molecule has 0 amide bonds. The zero-order valence-electron chi connectivity index (χ0n) is 26.0. The largest absolute Gasteiger partial charge is 0.459 e. The molecule has 222 valence electrons. The second-order valence-electron chi connectivity index (χ2n) is 13.1. The van der Waals surface area contributed by atoms with Gasteiger partial charge in [0.05, 0.1) is 25.4 Å². The highest BCUT2D eigenvalue weighted by Gasteiger charge is 2.40. The molecule has 0 heterocycles. The molecule has 0 radical (unpaired) electrons. The van der Waals surface area contributed by atoms with Crippen molar-refractivity contribution in [2.45, 2.75) is 109 Å². The highest BCUT2D eigenvalue weighted by atomic mass is 28.4. The molecular formula is C31H54O6Si2. The SMILES string of the molecule is C=CC(=O)O[C@@H](CC(=C)COCc1ccccc1)C[C@@H](OCOCC[Si](C)(C)C)[C@@H](C)O[Si](C)(C)C(C)(C)C. The number of esters is 1. The van der Waals surface area contributed by atoms with Crippen LogP contribution in [0.5, 0.6) is 0 Å². The molecule has 39 heavy (non-hydrogen) atoms. The third-order valence-corrected chi connectivity index (χ3v) is 13.3. The van der Waals surface area contributed by atoms with Crippen LogP contribution in [0.2, 0.25) is 43.8 Å². The quantitative estimate of drug-likeness (QED) is 0.0418. The van der Waals surface area contributed by atoms with Crippen molar-refractivity contribution in [1.29, 1.82) is 0 Å². The van der Waals surface area contributed by atoms with E-state index in [4.69, 9.17) is 23.4 Å². The molecule has 1 aromatic rings. The second kappa shape index (κ2) is 16.6. The van der Waals surface area contributed by atoms with E-state index < -0.39 is 28.5 Å². The summed E-state index contributed by atoms with van der Waals surface area (Å²) in [4.78, 5) is 12.2. The van der Waals surface area contributed by atoms with Crippen LogP contribution in [-0.2, 0) is 34.8 Å². The number of carbonyl (C=O) groups is 1. The zero-order valence-corrected chi connectivity index (χ0v) is 28.0. The normalized spacial score (nSPS) is 14.9. The van der Waals surface area contributed by atoms with Crippen LogP contribution >= 0.6 is 0 Å². The van der Waals surface area contributed by atoms with E-state index >= 15 is 0 Å². The second-order valence-corrected chi connectivity index (χ2v) is 23.4. The van der Waals surface area contributed by atoms with Gasteiger partial charge < -0.3 is 23.4 Å². The van der Waals surface area contributed by atoms with Crippen molar-refractivity contribution >= 4 is 22.4 Å². The first kappa shape index (κ1) is 35.5. The summed E-state index contributed by atoms with van der Waals surface area (Å²) in [6.07, 6.45) is 1.10. The predicted molar refractivity (Wildman–Crippen MR) is 166 cm³/mol. The molecule has 3 atom stereocenters. The Bertz CT molecular complexity index is 873. The number of hydrogen-bond donors (Lipinski definition) is 0. The maximum atomic E-state index is 12.2. The Hall–Kier alpha value is -1.56. The summed E-state index contributed by atoms with van der Waals surface area (Å²) in [5, 5.41) is 0.0543. The van der Waals surface area contributed by atoms with Gasteiger partial charge in [-0.15, -0.1) is 0 Å². The average molecular weight is 579 g/mol. The van der Waals surface area contributed by atoms with Crippen molar-refractivity contribution in [2.24, 2.45) is 0 Å². The average Bonchev–Trinajstić information content (AvgIpc) is 2.81. The molecule has 0 fully saturated rings. The number of carbonyl (C=O) groups excluding carboxylic acids is 1. The first-order chi connectivity index (χ1) is 18.0. The summed E-state index contributed by atoms with van der Waals surface area (Å²) >= 11 is 0. The molecule has 8 heteroatoms. The van der Waals surface area contributed by atoms with Gasteiger partial charge in [0, 0.05) is 33.6 Å². The lowest BCUT2D eigenvalue weighted by molar-refractivity contribution is -0.151. The molecule has 0 aliphatic heterocycles. The van der Waals surface area contributed by atoms with Gasteiger partial charge in [-0.1, -0.05) is 83.9 Å². The van der Waals surface area contributed by atoms with Crippen molar-refractivity contribution in [3.05, 3.63) is 60.7 Å². The summed E-state index contributed by atoms with van der Waals surface area (Å²) in [5.74, 6) is -0.471. The summed E-state index contributed by atoms with van der Waals surface area (Å²) in [5.41, 5.74) is 1.94. The third-order valence-electron chi connectivity index (χ3n) is 7.05. The Morgan fingerprint density at radius 3 is 2.26 bits per heavy atom. The molecule has 0 aliphatic carbocycles. The topological polar surface area (TPSA) is 63.2 Å². The molecule has 0 aromatic heterocycles. The van der Waals surface area contributed by atoms with E-state index in [2.05, 4.69) is 66.7 Å². The Morgan fingerprint density at radius 2 is 1.69 bits per heavy atom. The lowest BCUT2D eigenvalue weighted by atomic mass is 10.0. The van der Waals surface area contributed by atoms with E-state index in [0.29, 0.717) is 32.7 Å². The molecule has 1 aromatic carbocycles. The number of ether oxygens (including phenoxy) is 4. The van der Waals surface area contributed by atoms with Gasteiger partial charge in [0.25, 0.3) is 0 Å². The lowest BCUT2D eigenvalue weighted by Crippen LogP contribution is -2.47. The molecule has 1 rings (SSSR count). The van der Waals surface area contributed by atoms with Gasteiger partial charge >= 0.3 is 5.97 Å². The van der Waals surface area contributed by atoms with Crippen LogP contribution in [0, 0.1) is 0 Å². The fourth-order valence-electron chi connectivity index (χ4n) is 3.60. The zero-order chi connectivity index (χ0) is 29.7. The summed E-state index contributed by atoms with van der Waals surface area (Å²) in [7, 11) is -3.26. The lowest BCUT2D eigenvalue weighted by Gasteiger charge is -2.40. The smallest absolute Gasteiger partial charge is 0.330 e. The number of rotatable bonds is 19. The van der Waals surface area contributed by atoms with Gasteiger partial charge in [0.2, 0.25) is 0 Å². The Balaban J connectivity index is 2.91. The molecule has 0 N–H and O–H groups in total. The molecule has 0 bridgehead atoms. The Labute approximate surface area is 240 Å². The standard InChI is InChI=1S/C31H54O6Si2/c1-12-30(32)36-28(20-25(2)22-34-23-27-16-14-13-15-17-27)21-29(35-24-33-18-19-38(7,8)9)26(3)37-39(10,11)31(4,5)6/h12-17,26,28-29H,1-2,18-24H2,3-11H3/t26-,28+,29-/m1/s1. The van der Waals surface area contributed by atoms with Crippen LogP contribution in [0.1, 0.15) is 46.1 Å². The molecule has 6 nitrogen and oxygen atoms in total. The molecule has 0 aliphatic rings. The highest BCUT2D eigenvalue weighted by molar-refractivity contribution is 6.76. The van der Waals surface area contributed by atoms with Crippen LogP contribution in [0.4, 0.5) is 0 Å². The van der Waals surface area contributed by atoms with Crippen molar-refractivity contribution in [3.63, 3.8) is 0 Å². The molecule has 0 saturated carbocycles.